The van der Waals surface area contributed by atoms with Gasteiger partial charge in [-0.2, -0.15) is 4.98 Å². The summed E-state index contributed by atoms with van der Waals surface area (Å²) in [4.78, 5) is 4.28. The molecular weight excluding hydrogens is 260 g/mol. The molecule has 6 nitrogen and oxygen atoms in total. The van der Waals surface area contributed by atoms with E-state index in [1.54, 1.807) is 19.2 Å². The number of hydrogen-bond acceptors (Lipinski definition) is 6. The molecule has 0 aliphatic heterocycles. The van der Waals surface area contributed by atoms with Crippen molar-refractivity contribution in [1.29, 1.82) is 0 Å². The molecule has 1 aromatic carbocycles. The van der Waals surface area contributed by atoms with E-state index in [1.807, 2.05) is 0 Å². The maximum atomic E-state index is 9.95. The van der Waals surface area contributed by atoms with Crippen LogP contribution >= 0.6 is 0 Å². The van der Waals surface area contributed by atoms with Crippen LogP contribution in [0.4, 0.5) is 0 Å². The largest absolute Gasteiger partial charge is 0.507 e. The van der Waals surface area contributed by atoms with Crippen LogP contribution in [0.2, 0.25) is 0 Å². The molecule has 1 atom stereocenters. The van der Waals surface area contributed by atoms with Crippen LogP contribution in [0.25, 0.3) is 11.5 Å². The van der Waals surface area contributed by atoms with Crippen LogP contribution in [0.3, 0.4) is 0 Å². The van der Waals surface area contributed by atoms with Gasteiger partial charge in [0.1, 0.15) is 17.6 Å². The third-order valence-electron chi connectivity index (χ3n) is 3.00. The molecule has 6 heteroatoms. The Morgan fingerprint density at radius 2 is 2.15 bits per heavy atom. The van der Waals surface area contributed by atoms with Crippen LogP contribution in [0, 0.1) is 0 Å². The molecule has 1 N–H and O–H groups in total. The van der Waals surface area contributed by atoms with Crippen molar-refractivity contribution in [3.63, 3.8) is 0 Å². The molecule has 20 heavy (non-hydrogen) atoms. The summed E-state index contributed by atoms with van der Waals surface area (Å²) in [5, 5.41) is 13.9. The van der Waals surface area contributed by atoms with Crippen LogP contribution in [0.5, 0.6) is 11.5 Å². The first kappa shape index (κ1) is 14.3. The first-order chi connectivity index (χ1) is 9.69. The number of benzene rings is 1. The number of phenolic OH excluding ortho intramolecular Hbond substituents is 1. The molecule has 1 heterocycles. The summed E-state index contributed by atoms with van der Waals surface area (Å²) in [5.41, 5.74) is 0.468. The van der Waals surface area contributed by atoms with Crippen LogP contribution in [-0.4, -0.2) is 29.5 Å². The van der Waals surface area contributed by atoms with Gasteiger partial charge in [-0.3, -0.25) is 0 Å². The van der Waals surface area contributed by atoms with Gasteiger partial charge in [0.2, 0.25) is 5.82 Å². The van der Waals surface area contributed by atoms with E-state index in [1.165, 1.54) is 13.2 Å². The Balaban J connectivity index is 2.28. The third-order valence-corrected chi connectivity index (χ3v) is 3.00. The minimum absolute atomic E-state index is 0.0315. The number of aromatic nitrogens is 2. The molecule has 0 saturated carbocycles. The predicted molar refractivity (Wildman–Crippen MR) is 72.6 cm³/mol. The molecule has 0 aliphatic carbocycles. The highest BCUT2D eigenvalue weighted by atomic mass is 16.5. The van der Waals surface area contributed by atoms with Crippen LogP contribution in [-0.2, 0) is 4.74 Å². The van der Waals surface area contributed by atoms with E-state index >= 15 is 0 Å². The maximum Gasteiger partial charge on any atom is 0.261 e. The molecule has 0 radical (unpaired) electrons. The van der Waals surface area contributed by atoms with E-state index in [0.717, 1.165) is 12.8 Å². The number of hydrogen-bond donors (Lipinski definition) is 1. The second-order valence-electron chi connectivity index (χ2n) is 4.35. The molecule has 0 fully saturated rings. The summed E-state index contributed by atoms with van der Waals surface area (Å²) in [6, 6.07) is 4.89. The fourth-order valence-electron chi connectivity index (χ4n) is 1.91. The van der Waals surface area contributed by atoms with E-state index in [9.17, 15) is 5.11 Å². The lowest BCUT2D eigenvalue weighted by Gasteiger charge is -2.08. The molecule has 0 amide bonds. The van der Waals surface area contributed by atoms with Gasteiger partial charge in [0.05, 0.1) is 12.7 Å². The molecule has 0 bridgehead atoms. The Labute approximate surface area is 117 Å². The molecular formula is C14H18N2O4. The summed E-state index contributed by atoms with van der Waals surface area (Å²) in [7, 11) is 3.15. The van der Waals surface area contributed by atoms with Gasteiger partial charge in [0, 0.05) is 13.2 Å². The Bertz CT molecular complexity index is 568. The monoisotopic (exact) mass is 278 g/mol. The van der Waals surface area contributed by atoms with Gasteiger partial charge in [0.15, 0.2) is 0 Å². The van der Waals surface area contributed by atoms with E-state index in [4.69, 9.17) is 14.0 Å². The maximum absolute atomic E-state index is 9.95. The Hall–Kier alpha value is -2.08. The zero-order chi connectivity index (χ0) is 14.5. The topological polar surface area (TPSA) is 77.6 Å². The highest BCUT2D eigenvalue weighted by molar-refractivity contribution is 5.63. The Morgan fingerprint density at radius 3 is 2.75 bits per heavy atom. The normalized spacial score (nSPS) is 12.3. The van der Waals surface area contributed by atoms with Crippen molar-refractivity contribution in [2.24, 2.45) is 0 Å². The lowest BCUT2D eigenvalue weighted by Crippen LogP contribution is -2.03. The molecule has 0 saturated heterocycles. The van der Waals surface area contributed by atoms with Crippen molar-refractivity contribution < 1.29 is 19.1 Å². The predicted octanol–water partition coefficient (Wildman–Crippen LogP) is 2.94. The van der Waals surface area contributed by atoms with Gasteiger partial charge in [-0.15, -0.1) is 0 Å². The summed E-state index contributed by atoms with van der Waals surface area (Å²) >= 11 is 0. The van der Waals surface area contributed by atoms with Crippen LogP contribution in [0.1, 0.15) is 31.7 Å². The SMILES string of the molecule is CCCC(OC)c1noc(-c2ccc(OC)cc2O)n1. The summed E-state index contributed by atoms with van der Waals surface area (Å²) in [6.07, 6.45) is 1.57. The molecule has 0 aliphatic rings. The fraction of sp³-hybridized carbons (Fsp3) is 0.429. The zero-order valence-electron chi connectivity index (χ0n) is 11.8. The van der Waals surface area contributed by atoms with Crippen molar-refractivity contribution in [3.8, 4) is 23.0 Å². The van der Waals surface area contributed by atoms with Gasteiger partial charge < -0.3 is 19.1 Å². The lowest BCUT2D eigenvalue weighted by atomic mass is 10.2. The molecule has 1 unspecified atom stereocenters. The van der Waals surface area contributed by atoms with Crippen LogP contribution in [0.15, 0.2) is 22.7 Å². The quantitative estimate of drug-likeness (QED) is 0.875. The molecule has 2 aromatic rings. The lowest BCUT2D eigenvalue weighted by molar-refractivity contribution is 0.0854. The van der Waals surface area contributed by atoms with Crippen molar-refractivity contribution in [1.82, 2.24) is 10.1 Å². The smallest absolute Gasteiger partial charge is 0.261 e. The van der Waals surface area contributed by atoms with Gasteiger partial charge in [-0.25, -0.2) is 0 Å². The molecule has 0 spiro atoms. The number of rotatable bonds is 6. The van der Waals surface area contributed by atoms with E-state index in [2.05, 4.69) is 17.1 Å². The Morgan fingerprint density at radius 1 is 1.35 bits per heavy atom. The summed E-state index contributed by atoms with van der Waals surface area (Å²) < 4.78 is 15.5. The molecule has 1 aromatic heterocycles. The number of nitrogens with zero attached hydrogens (tertiary/aromatic N) is 2. The van der Waals surface area contributed by atoms with Crippen molar-refractivity contribution in [2.45, 2.75) is 25.9 Å². The highest BCUT2D eigenvalue weighted by Crippen LogP contribution is 2.32. The minimum atomic E-state index is -0.196. The average molecular weight is 278 g/mol. The van der Waals surface area contributed by atoms with E-state index < -0.39 is 0 Å². The van der Waals surface area contributed by atoms with Crippen molar-refractivity contribution >= 4 is 0 Å². The van der Waals surface area contributed by atoms with Gasteiger partial charge >= 0.3 is 0 Å². The average Bonchev–Trinajstić information content (AvgIpc) is 2.93. The number of phenols is 1. The molecule has 108 valence electrons. The fourth-order valence-corrected chi connectivity index (χ4v) is 1.91. The van der Waals surface area contributed by atoms with Crippen molar-refractivity contribution in [2.75, 3.05) is 14.2 Å². The second kappa shape index (κ2) is 6.38. The number of methoxy groups -OCH3 is 2. The van der Waals surface area contributed by atoms with E-state index in [0.29, 0.717) is 17.1 Å². The first-order valence-electron chi connectivity index (χ1n) is 6.43. The summed E-state index contributed by atoms with van der Waals surface area (Å²) in [5.74, 6) is 1.34. The minimum Gasteiger partial charge on any atom is -0.507 e. The summed E-state index contributed by atoms with van der Waals surface area (Å²) in [6.45, 7) is 2.06. The second-order valence-corrected chi connectivity index (χ2v) is 4.35. The third kappa shape index (κ3) is 2.91. The first-order valence-corrected chi connectivity index (χ1v) is 6.43. The van der Waals surface area contributed by atoms with Crippen LogP contribution < -0.4 is 4.74 Å². The number of ether oxygens (including phenoxy) is 2. The van der Waals surface area contributed by atoms with Gasteiger partial charge in [-0.05, 0) is 18.6 Å². The zero-order valence-corrected chi connectivity index (χ0v) is 11.8. The van der Waals surface area contributed by atoms with E-state index in [-0.39, 0.29) is 17.7 Å². The molecule has 2 rings (SSSR count). The standard InChI is InChI=1S/C14H18N2O4/c1-4-5-12(19-3)13-15-14(20-16-13)10-7-6-9(18-2)8-11(10)17/h6-8,12,17H,4-5H2,1-3H3. The van der Waals surface area contributed by atoms with Crippen molar-refractivity contribution in [3.05, 3.63) is 24.0 Å². The Kier molecular flexibility index (Phi) is 4.57. The van der Waals surface area contributed by atoms with Gasteiger partial charge in [0.25, 0.3) is 5.89 Å². The van der Waals surface area contributed by atoms with Gasteiger partial charge in [-0.1, -0.05) is 18.5 Å². The number of aromatic hydroxyl groups is 1. The highest BCUT2D eigenvalue weighted by Gasteiger charge is 2.19.